The van der Waals surface area contributed by atoms with Gasteiger partial charge in [-0.05, 0) is 19.3 Å². The fourth-order valence-corrected chi connectivity index (χ4v) is 3.01. The predicted octanol–water partition coefficient (Wildman–Crippen LogP) is 1.31. The van der Waals surface area contributed by atoms with Gasteiger partial charge in [0.05, 0.1) is 17.0 Å². The zero-order valence-corrected chi connectivity index (χ0v) is 11.6. The van der Waals surface area contributed by atoms with Crippen LogP contribution in [0.2, 0.25) is 0 Å². The van der Waals surface area contributed by atoms with E-state index in [1.165, 1.54) is 0 Å². The third-order valence-electron chi connectivity index (χ3n) is 3.89. The lowest BCUT2D eigenvalue weighted by Gasteiger charge is -2.30. The Bertz CT molecular complexity index is 421. The summed E-state index contributed by atoms with van der Waals surface area (Å²) in [4.78, 5) is 2.03. The van der Waals surface area contributed by atoms with Crippen LogP contribution in [0.1, 0.15) is 38.3 Å². The Morgan fingerprint density at radius 1 is 1.44 bits per heavy atom. The van der Waals surface area contributed by atoms with Crippen LogP contribution in [-0.4, -0.2) is 34.1 Å². The van der Waals surface area contributed by atoms with Crippen LogP contribution in [0.15, 0.2) is 0 Å². The summed E-state index contributed by atoms with van der Waals surface area (Å²) in [5, 5.41) is 14.9. The van der Waals surface area contributed by atoms with E-state index in [9.17, 15) is 5.11 Å². The molecule has 5 heteroatoms. The summed E-state index contributed by atoms with van der Waals surface area (Å²) in [6.45, 7) is 2.67. The Kier molecular flexibility index (Phi) is 3.52. The van der Waals surface area contributed by atoms with Crippen LogP contribution in [0, 0.1) is 0 Å². The third-order valence-corrected chi connectivity index (χ3v) is 3.89. The van der Waals surface area contributed by atoms with Gasteiger partial charge < -0.3 is 15.7 Å². The molecule has 5 nitrogen and oxygen atoms in total. The Morgan fingerprint density at radius 2 is 2.06 bits per heavy atom. The molecule has 0 bridgehead atoms. The van der Waals surface area contributed by atoms with Gasteiger partial charge in [0.1, 0.15) is 5.82 Å². The number of anilines is 2. The standard InChI is InChI=1S/C13H24N4O/c1-4-10-11(14)12(17(3)15-10)16(2)9-13(18)7-5-6-8-13/h18H,4-9,14H2,1-3H3. The molecule has 3 N–H and O–H groups in total. The molecule has 1 heterocycles. The molecule has 0 saturated heterocycles. The van der Waals surface area contributed by atoms with Gasteiger partial charge in [-0.25, -0.2) is 0 Å². The molecule has 0 amide bonds. The Balaban J connectivity index is 2.18. The minimum Gasteiger partial charge on any atom is -0.394 e. The van der Waals surface area contributed by atoms with Crippen molar-refractivity contribution in [1.29, 1.82) is 0 Å². The maximum atomic E-state index is 10.5. The maximum absolute atomic E-state index is 10.5. The van der Waals surface area contributed by atoms with Crippen molar-refractivity contribution in [1.82, 2.24) is 9.78 Å². The predicted molar refractivity (Wildman–Crippen MR) is 73.7 cm³/mol. The Morgan fingerprint density at radius 3 is 2.56 bits per heavy atom. The first-order valence-electron chi connectivity index (χ1n) is 6.72. The van der Waals surface area contributed by atoms with Gasteiger partial charge in [-0.2, -0.15) is 5.10 Å². The smallest absolute Gasteiger partial charge is 0.150 e. The number of hydrogen-bond donors (Lipinski definition) is 2. The highest BCUT2D eigenvalue weighted by Gasteiger charge is 2.33. The van der Waals surface area contributed by atoms with Crippen molar-refractivity contribution in [2.24, 2.45) is 7.05 Å². The van der Waals surface area contributed by atoms with E-state index in [4.69, 9.17) is 5.73 Å². The lowest BCUT2D eigenvalue weighted by molar-refractivity contribution is 0.0557. The van der Waals surface area contributed by atoms with Gasteiger partial charge in [-0.1, -0.05) is 19.8 Å². The summed E-state index contributed by atoms with van der Waals surface area (Å²) < 4.78 is 1.81. The third kappa shape index (κ3) is 2.32. The van der Waals surface area contributed by atoms with Crippen LogP contribution in [0.4, 0.5) is 11.5 Å². The SMILES string of the molecule is CCc1nn(C)c(N(C)CC2(O)CCCC2)c1N. The number of hydrogen-bond acceptors (Lipinski definition) is 4. The van der Waals surface area contributed by atoms with Crippen molar-refractivity contribution >= 4 is 11.5 Å². The molecule has 1 fully saturated rings. The molecule has 1 aromatic rings. The monoisotopic (exact) mass is 252 g/mol. The molecule has 0 atom stereocenters. The molecule has 1 aliphatic rings. The minimum atomic E-state index is -0.558. The molecule has 102 valence electrons. The summed E-state index contributed by atoms with van der Waals surface area (Å²) in [6, 6.07) is 0. The molecular weight excluding hydrogens is 228 g/mol. The van der Waals surface area contributed by atoms with Crippen LogP contribution >= 0.6 is 0 Å². The van der Waals surface area contributed by atoms with Crippen LogP contribution in [0.25, 0.3) is 0 Å². The largest absolute Gasteiger partial charge is 0.394 e. The first-order chi connectivity index (χ1) is 8.47. The Labute approximate surface area is 109 Å². The molecule has 1 aliphatic carbocycles. The van der Waals surface area contributed by atoms with Gasteiger partial charge in [-0.15, -0.1) is 0 Å². The van der Waals surface area contributed by atoms with Gasteiger partial charge in [0, 0.05) is 20.6 Å². The lowest BCUT2D eigenvalue weighted by Crippen LogP contribution is -2.40. The van der Waals surface area contributed by atoms with Crippen molar-refractivity contribution in [3.63, 3.8) is 0 Å². The summed E-state index contributed by atoms with van der Waals surface area (Å²) in [7, 11) is 3.88. The fraction of sp³-hybridized carbons (Fsp3) is 0.769. The molecule has 1 aromatic heterocycles. The molecule has 1 saturated carbocycles. The Hall–Kier alpha value is -1.23. The van der Waals surface area contributed by atoms with E-state index >= 15 is 0 Å². The van der Waals surface area contributed by atoms with Gasteiger partial charge in [0.2, 0.25) is 0 Å². The number of nitrogens with zero attached hydrogens (tertiary/aromatic N) is 3. The number of nitrogens with two attached hydrogens (primary N) is 1. The molecule has 0 aromatic carbocycles. The van der Waals surface area contributed by atoms with Crippen molar-refractivity contribution in [3.8, 4) is 0 Å². The van der Waals surface area contributed by atoms with E-state index in [-0.39, 0.29) is 0 Å². The normalized spacial score (nSPS) is 18.2. The second-order valence-corrected chi connectivity index (χ2v) is 5.45. The van der Waals surface area contributed by atoms with Crippen molar-refractivity contribution in [3.05, 3.63) is 5.69 Å². The first-order valence-corrected chi connectivity index (χ1v) is 6.72. The highest BCUT2D eigenvalue weighted by atomic mass is 16.3. The van der Waals surface area contributed by atoms with Gasteiger partial charge >= 0.3 is 0 Å². The quantitative estimate of drug-likeness (QED) is 0.847. The van der Waals surface area contributed by atoms with Crippen LogP contribution in [-0.2, 0) is 13.5 Å². The van der Waals surface area contributed by atoms with Gasteiger partial charge in [0.15, 0.2) is 0 Å². The number of likely N-dealkylation sites (N-methyl/N-ethyl adjacent to an activating group) is 1. The maximum Gasteiger partial charge on any atom is 0.150 e. The summed E-state index contributed by atoms with van der Waals surface area (Å²) in [6.07, 6.45) is 4.83. The van der Waals surface area contributed by atoms with Crippen molar-refractivity contribution in [2.45, 2.75) is 44.6 Å². The van der Waals surface area contributed by atoms with Gasteiger partial charge in [0.25, 0.3) is 0 Å². The van der Waals surface area contributed by atoms with E-state index in [2.05, 4.69) is 5.10 Å². The molecule has 0 spiro atoms. The van der Waals surface area contributed by atoms with E-state index in [0.717, 1.165) is 49.3 Å². The van der Waals surface area contributed by atoms with E-state index in [0.29, 0.717) is 6.54 Å². The number of rotatable bonds is 4. The van der Waals surface area contributed by atoms with Crippen LogP contribution in [0.5, 0.6) is 0 Å². The number of nitrogen functional groups attached to an aromatic ring is 1. The molecule has 0 unspecified atom stereocenters. The number of aromatic nitrogens is 2. The van der Waals surface area contributed by atoms with E-state index in [1.807, 2.05) is 30.6 Å². The number of aryl methyl sites for hydroxylation is 2. The molecule has 0 radical (unpaired) electrons. The second-order valence-electron chi connectivity index (χ2n) is 5.45. The first kappa shape index (κ1) is 13.2. The highest BCUT2D eigenvalue weighted by molar-refractivity contribution is 5.66. The topological polar surface area (TPSA) is 67.3 Å². The summed E-state index contributed by atoms with van der Waals surface area (Å²) in [5.41, 5.74) is 7.24. The molecule has 2 rings (SSSR count). The zero-order valence-electron chi connectivity index (χ0n) is 11.6. The molecule has 18 heavy (non-hydrogen) atoms. The lowest BCUT2D eigenvalue weighted by atomic mass is 10.0. The average molecular weight is 252 g/mol. The van der Waals surface area contributed by atoms with E-state index < -0.39 is 5.60 Å². The van der Waals surface area contributed by atoms with Crippen LogP contribution in [0.3, 0.4) is 0 Å². The number of aliphatic hydroxyl groups is 1. The zero-order chi connectivity index (χ0) is 13.3. The van der Waals surface area contributed by atoms with Crippen LogP contribution < -0.4 is 10.6 Å². The van der Waals surface area contributed by atoms with Crippen molar-refractivity contribution in [2.75, 3.05) is 24.2 Å². The fourth-order valence-electron chi connectivity index (χ4n) is 3.01. The van der Waals surface area contributed by atoms with Crippen molar-refractivity contribution < 1.29 is 5.11 Å². The van der Waals surface area contributed by atoms with Gasteiger partial charge in [-0.3, -0.25) is 4.68 Å². The van der Waals surface area contributed by atoms with E-state index in [1.54, 1.807) is 0 Å². The minimum absolute atomic E-state index is 0.558. The average Bonchev–Trinajstić information content (AvgIpc) is 2.83. The molecular formula is C13H24N4O. The second kappa shape index (κ2) is 4.80. The molecule has 0 aliphatic heterocycles. The summed E-state index contributed by atoms with van der Waals surface area (Å²) >= 11 is 0. The summed E-state index contributed by atoms with van der Waals surface area (Å²) in [5.74, 6) is 0.909. The highest BCUT2D eigenvalue weighted by Crippen LogP contribution is 2.33.